The topological polar surface area (TPSA) is 43.2 Å². The lowest BCUT2D eigenvalue weighted by atomic mass is 9.86. The van der Waals surface area contributed by atoms with Crippen LogP contribution in [0.3, 0.4) is 0 Å². The molecule has 2 aliphatic rings. The molecule has 0 saturated heterocycles. The van der Waals surface area contributed by atoms with Gasteiger partial charge >= 0.3 is 0 Å². The minimum absolute atomic E-state index is 0.0984. The summed E-state index contributed by atoms with van der Waals surface area (Å²) in [7, 11) is 0. The lowest BCUT2D eigenvalue weighted by molar-refractivity contribution is 0.291. The van der Waals surface area contributed by atoms with E-state index in [4.69, 9.17) is 4.74 Å². The highest BCUT2D eigenvalue weighted by atomic mass is 16.5. The molecule has 5 nitrogen and oxygen atoms in total. The Morgan fingerprint density at radius 1 is 1.12 bits per heavy atom. The van der Waals surface area contributed by atoms with Crippen LogP contribution in [0.4, 0.5) is 5.69 Å². The second-order valence-electron chi connectivity index (χ2n) is 7.87. The fourth-order valence-corrected chi connectivity index (χ4v) is 3.97. The van der Waals surface area contributed by atoms with Gasteiger partial charge in [0.15, 0.2) is 0 Å². The molecule has 132 valence electrons. The minimum Gasteiger partial charge on any atom is -0.492 e. The van der Waals surface area contributed by atoms with Crippen molar-refractivity contribution in [2.24, 2.45) is 0 Å². The summed E-state index contributed by atoms with van der Waals surface area (Å²) in [5, 5.41) is 8.33. The molecular weight excluding hydrogens is 324 g/mol. The van der Waals surface area contributed by atoms with Crippen LogP contribution in [-0.2, 0) is 25.0 Å². The molecule has 3 heterocycles. The molecular formula is C21H22N4O. The van der Waals surface area contributed by atoms with Crippen molar-refractivity contribution >= 4 is 5.69 Å². The van der Waals surface area contributed by atoms with Gasteiger partial charge in [-0.25, -0.2) is 4.68 Å². The summed E-state index contributed by atoms with van der Waals surface area (Å²) in [6, 6.07) is 15.2. The number of hydrogen-bond donors (Lipinski definition) is 0. The van der Waals surface area contributed by atoms with E-state index in [0.717, 1.165) is 37.7 Å². The maximum atomic E-state index is 5.94. The van der Waals surface area contributed by atoms with Crippen LogP contribution < -0.4 is 9.64 Å². The van der Waals surface area contributed by atoms with Gasteiger partial charge in [-0.1, -0.05) is 49.4 Å². The summed E-state index contributed by atoms with van der Waals surface area (Å²) in [6.45, 7) is 7.62. The van der Waals surface area contributed by atoms with Crippen LogP contribution >= 0.6 is 0 Å². The highest BCUT2D eigenvalue weighted by Crippen LogP contribution is 2.39. The highest BCUT2D eigenvalue weighted by molar-refractivity contribution is 5.56. The van der Waals surface area contributed by atoms with Crippen LogP contribution in [0.15, 0.2) is 48.7 Å². The van der Waals surface area contributed by atoms with Crippen LogP contribution in [0.2, 0.25) is 0 Å². The molecule has 0 bridgehead atoms. The molecule has 0 amide bonds. The summed E-state index contributed by atoms with van der Waals surface area (Å²) >= 11 is 0. The van der Waals surface area contributed by atoms with Gasteiger partial charge in [-0.3, -0.25) is 0 Å². The lowest BCUT2D eigenvalue weighted by Crippen LogP contribution is -2.22. The van der Waals surface area contributed by atoms with E-state index < -0.39 is 0 Å². The van der Waals surface area contributed by atoms with Gasteiger partial charge in [0, 0.05) is 23.2 Å². The Hall–Kier alpha value is -2.82. The second kappa shape index (κ2) is 5.59. The predicted molar refractivity (Wildman–Crippen MR) is 100 cm³/mol. The molecule has 0 fully saturated rings. The van der Waals surface area contributed by atoms with Crippen LogP contribution in [0, 0.1) is 0 Å². The maximum absolute atomic E-state index is 5.94. The first-order valence-electron chi connectivity index (χ1n) is 9.07. The highest BCUT2D eigenvalue weighted by Gasteiger charge is 2.31. The molecule has 0 spiro atoms. The first-order valence-corrected chi connectivity index (χ1v) is 9.07. The molecule has 0 N–H and O–H groups in total. The van der Waals surface area contributed by atoms with Gasteiger partial charge in [0.05, 0.1) is 31.6 Å². The fraction of sp³-hybridized carbons (Fsp3) is 0.333. The van der Waals surface area contributed by atoms with E-state index in [1.165, 1.54) is 22.4 Å². The number of rotatable bonds is 2. The molecule has 26 heavy (non-hydrogen) atoms. The van der Waals surface area contributed by atoms with Crippen molar-refractivity contribution in [1.82, 2.24) is 15.0 Å². The number of ether oxygens (including phenoxy) is 1. The third-order valence-electron chi connectivity index (χ3n) is 5.44. The van der Waals surface area contributed by atoms with Crippen LogP contribution in [0.25, 0.3) is 0 Å². The number of nitrogens with zero attached hydrogens (tertiary/aromatic N) is 4. The van der Waals surface area contributed by atoms with E-state index in [9.17, 15) is 0 Å². The molecule has 0 atom stereocenters. The van der Waals surface area contributed by atoms with Crippen molar-refractivity contribution in [3.63, 3.8) is 0 Å². The Bertz CT molecular complexity index is 976. The smallest absolute Gasteiger partial charge is 0.123 e. The largest absolute Gasteiger partial charge is 0.492 e. The van der Waals surface area contributed by atoms with E-state index >= 15 is 0 Å². The van der Waals surface area contributed by atoms with Gasteiger partial charge in [0.25, 0.3) is 0 Å². The van der Waals surface area contributed by atoms with Crippen molar-refractivity contribution in [2.75, 3.05) is 11.5 Å². The van der Waals surface area contributed by atoms with Crippen LogP contribution in [-0.4, -0.2) is 21.6 Å². The SMILES string of the molecule is CC1(C)COc2cc(CN3Cc4cnnn4Cc4ccccc43)ccc21. The molecule has 0 saturated carbocycles. The minimum atomic E-state index is 0.0984. The summed E-state index contributed by atoms with van der Waals surface area (Å²) < 4.78 is 7.93. The molecule has 5 rings (SSSR count). The number of benzene rings is 2. The first-order chi connectivity index (χ1) is 12.6. The average Bonchev–Trinajstić information content (AvgIpc) is 3.15. The normalized spacial score (nSPS) is 17.1. The number of fused-ring (bicyclic) bond motifs is 3. The van der Waals surface area contributed by atoms with E-state index in [1.54, 1.807) is 0 Å². The van der Waals surface area contributed by atoms with E-state index in [2.05, 4.69) is 71.5 Å². The van der Waals surface area contributed by atoms with Crippen LogP contribution in [0.5, 0.6) is 5.75 Å². The molecule has 3 aromatic rings. The van der Waals surface area contributed by atoms with Crippen molar-refractivity contribution in [3.8, 4) is 5.75 Å². The Kier molecular flexibility index (Phi) is 3.32. The van der Waals surface area contributed by atoms with Gasteiger partial charge in [0.2, 0.25) is 0 Å². The Morgan fingerprint density at radius 2 is 2.00 bits per heavy atom. The fourth-order valence-electron chi connectivity index (χ4n) is 3.97. The zero-order valence-corrected chi connectivity index (χ0v) is 15.1. The molecule has 2 aliphatic heterocycles. The third-order valence-corrected chi connectivity index (χ3v) is 5.44. The molecule has 0 radical (unpaired) electrons. The number of anilines is 1. The van der Waals surface area contributed by atoms with E-state index in [0.29, 0.717) is 0 Å². The van der Waals surface area contributed by atoms with Gasteiger partial charge < -0.3 is 9.64 Å². The zero-order chi connectivity index (χ0) is 17.7. The van der Waals surface area contributed by atoms with Gasteiger partial charge in [0.1, 0.15) is 5.75 Å². The monoisotopic (exact) mass is 346 g/mol. The maximum Gasteiger partial charge on any atom is 0.123 e. The van der Waals surface area contributed by atoms with Gasteiger partial charge in [-0.05, 0) is 23.3 Å². The number of hydrogen-bond acceptors (Lipinski definition) is 4. The zero-order valence-electron chi connectivity index (χ0n) is 15.1. The summed E-state index contributed by atoms with van der Waals surface area (Å²) in [4.78, 5) is 2.40. The van der Waals surface area contributed by atoms with Crippen molar-refractivity contribution < 1.29 is 4.74 Å². The summed E-state index contributed by atoms with van der Waals surface area (Å²) in [5.74, 6) is 1.03. The number of aromatic nitrogens is 3. The summed E-state index contributed by atoms with van der Waals surface area (Å²) in [6.07, 6.45) is 1.87. The Labute approximate surface area is 153 Å². The standard InChI is InChI=1S/C21H22N4O/c1-21(2)14-26-20-9-15(7-8-18(20)21)11-24-13-17-10-22-23-25(17)12-16-5-3-4-6-19(16)24/h3-10H,11-14H2,1-2H3. The molecule has 2 aromatic carbocycles. The molecule has 5 heteroatoms. The third kappa shape index (κ3) is 2.46. The van der Waals surface area contributed by atoms with Gasteiger partial charge in [-0.2, -0.15) is 0 Å². The van der Waals surface area contributed by atoms with Gasteiger partial charge in [-0.15, -0.1) is 5.10 Å². The van der Waals surface area contributed by atoms with E-state index in [-0.39, 0.29) is 5.41 Å². The van der Waals surface area contributed by atoms with Crippen molar-refractivity contribution in [2.45, 2.75) is 38.9 Å². The Morgan fingerprint density at radius 3 is 2.92 bits per heavy atom. The van der Waals surface area contributed by atoms with Crippen LogP contribution in [0.1, 0.15) is 36.2 Å². The summed E-state index contributed by atoms with van der Waals surface area (Å²) in [5.41, 5.74) is 6.34. The lowest BCUT2D eigenvalue weighted by Gasteiger charge is -2.25. The first kappa shape index (κ1) is 15.4. The second-order valence-corrected chi connectivity index (χ2v) is 7.87. The quantitative estimate of drug-likeness (QED) is 0.712. The Balaban J connectivity index is 1.50. The number of para-hydroxylation sites is 1. The van der Waals surface area contributed by atoms with Crippen molar-refractivity contribution in [3.05, 3.63) is 71.0 Å². The molecule has 0 unspecified atom stereocenters. The molecule has 1 aromatic heterocycles. The van der Waals surface area contributed by atoms with Crippen molar-refractivity contribution in [1.29, 1.82) is 0 Å². The van der Waals surface area contributed by atoms with E-state index in [1.807, 2.05) is 10.9 Å². The molecule has 0 aliphatic carbocycles. The predicted octanol–water partition coefficient (Wildman–Crippen LogP) is 3.52. The average molecular weight is 346 g/mol.